The lowest BCUT2D eigenvalue weighted by atomic mass is 9.86. The van der Waals surface area contributed by atoms with E-state index in [0.29, 0.717) is 13.4 Å². The summed E-state index contributed by atoms with van der Waals surface area (Å²) in [6.07, 6.45) is 0. The summed E-state index contributed by atoms with van der Waals surface area (Å²) in [5, 5.41) is 11.0. The molecule has 24 heavy (non-hydrogen) atoms. The van der Waals surface area contributed by atoms with E-state index < -0.39 is 0 Å². The first kappa shape index (κ1) is 17.1. The second-order valence-electron chi connectivity index (χ2n) is 6.90. The number of hydrogen-bond donors (Lipinski definition) is 1. The average molecular weight is 382 g/mol. The Morgan fingerprint density at radius 3 is 2.17 bits per heavy atom. The van der Waals surface area contributed by atoms with Crippen LogP contribution in [-0.2, 0) is 5.41 Å². The van der Waals surface area contributed by atoms with E-state index in [1.54, 1.807) is 0 Å². The molecule has 0 aromatic heterocycles. The Morgan fingerprint density at radius 1 is 0.875 bits per heavy atom. The molecule has 3 rings (SSSR count). The number of halogens is 1. The number of rotatable bonds is 3. The molecule has 4 heteroatoms. The number of fused-ring (bicyclic) bond motifs is 1. The highest BCUT2D eigenvalue weighted by Gasteiger charge is 2.13. The van der Waals surface area contributed by atoms with E-state index in [9.17, 15) is 0 Å². The zero-order valence-electron chi connectivity index (χ0n) is 14.0. The fourth-order valence-electron chi connectivity index (χ4n) is 2.74. The topological polar surface area (TPSA) is 29.5 Å². The van der Waals surface area contributed by atoms with Gasteiger partial charge in [0.25, 0.3) is 0 Å². The van der Waals surface area contributed by atoms with Crippen molar-refractivity contribution in [2.45, 2.75) is 26.2 Å². The summed E-state index contributed by atoms with van der Waals surface area (Å²) < 4.78 is 5.89. The van der Waals surface area contributed by atoms with Gasteiger partial charge in [0.1, 0.15) is 5.75 Å². The molecule has 0 saturated heterocycles. The van der Waals surface area contributed by atoms with Gasteiger partial charge in [-0.05, 0) is 67.0 Å². The van der Waals surface area contributed by atoms with Crippen molar-refractivity contribution < 1.29 is 9.68 Å². The Morgan fingerprint density at radius 2 is 1.54 bits per heavy atom. The zero-order chi connectivity index (χ0) is 17.3. The molecular formula is C20H19BBrO2. The molecule has 0 amide bonds. The largest absolute Gasteiger partial charge is 0.569 e. The van der Waals surface area contributed by atoms with Crippen LogP contribution in [0.2, 0.25) is 0 Å². The summed E-state index contributed by atoms with van der Waals surface area (Å²) in [4.78, 5) is 0. The van der Waals surface area contributed by atoms with E-state index in [0.717, 1.165) is 15.2 Å². The SMILES string of the molecule is CC(C)(C)c1ccc(-c2ccc3cc(O[B]O)c(Br)cc3c2)cc1. The Labute approximate surface area is 151 Å². The van der Waals surface area contributed by atoms with Gasteiger partial charge >= 0.3 is 7.69 Å². The third-order valence-corrected chi connectivity index (χ3v) is 4.77. The van der Waals surface area contributed by atoms with Crippen LogP contribution in [0.4, 0.5) is 0 Å². The van der Waals surface area contributed by atoms with E-state index in [1.807, 2.05) is 12.1 Å². The molecule has 0 heterocycles. The zero-order valence-corrected chi connectivity index (χ0v) is 15.6. The van der Waals surface area contributed by atoms with Gasteiger partial charge in [0.05, 0.1) is 4.47 Å². The van der Waals surface area contributed by atoms with Crippen molar-refractivity contribution in [3.63, 3.8) is 0 Å². The van der Waals surface area contributed by atoms with Crippen LogP contribution < -0.4 is 4.65 Å². The molecule has 0 bridgehead atoms. The maximum Gasteiger partial charge on any atom is 0.569 e. The van der Waals surface area contributed by atoms with Crippen molar-refractivity contribution in [1.29, 1.82) is 0 Å². The molecule has 0 aliphatic rings. The van der Waals surface area contributed by atoms with Crippen LogP contribution in [0.3, 0.4) is 0 Å². The van der Waals surface area contributed by atoms with Crippen molar-refractivity contribution in [3.05, 3.63) is 64.6 Å². The first-order valence-electron chi connectivity index (χ1n) is 7.85. The van der Waals surface area contributed by atoms with E-state index in [1.165, 1.54) is 16.7 Å². The standard InChI is InChI=1S/C20H19BBrO2/c1-20(2,3)17-8-6-13(7-9-17)14-4-5-15-12-19(24-21-23)18(22)11-16(15)10-14/h4-12,23H,1-3H3. The van der Waals surface area contributed by atoms with Crippen molar-refractivity contribution in [2.75, 3.05) is 0 Å². The van der Waals surface area contributed by atoms with Crippen molar-refractivity contribution in [1.82, 2.24) is 0 Å². The van der Waals surface area contributed by atoms with Crippen LogP contribution in [0.5, 0.6) is 5.75 Å². The van der Waals surface area contributed by atoms with Crippen LogP contribution in [0, 0.1) is 0 Å². The molecule has 0 unspecified atom stereocenters. The van der Waals surface area contributed by atoms with Crippen LogP contribution in [0.15, 0.2) is 59.1 Å². The fraction of sp³-hybridized carbons (Fsp3) is 0.200. The molecule has 3 aromatic carbocycles. The van der Waals surface area contributed by atoms with Gasteiger partial charge in [-0.25, -0.2) is 0 Å². The lowest BCUT2D eigenvalue weighted by Crippen LogP contribution is -2.10. The van der Waals surface area contributed by atoms with E-state index in [4.69, 9.17) is 9.68 Å². The molecule has 0 spiro atoms. The summed E-state index contributed by atoms with van der Waals surface area (Å²) in [6, 6.07) is 19.0. The predicted octanol–water partition coefficient (Wildman–Crippen LogP) is 5.47. The lowest BCUT2D eigenvalue weighted by molar-refractivity contribution is 0.452. The molecular weight excluding hydrogens is 363 g/mol. The van der Waals surface area contributed by atoms with Crippen LogP contribution in [0.1, 0.15) is 26.3 Å². The lowest BCUT2D eigenvalue weighted by Gasteiger charge is -2.19. The van der Waals surface area contributed by atoms with Gasteiger partial charge in [-0.2, -0.15) is 0 Å². The first-order chi connectivity index (χ1) is 11.4. The van der Waals surface area contributed by atoms with Gasteiger partial charge in [0.15, 0.2) is 0 Å². The van der Waals surface area contributed by atoms with Crippen molar-refractivity contribution >= 4 is 34.4 Å². The maximum atomic E-state index is 8.82. The van der Waals surface area contributed by atoms with Gasteiger partial charge in [-0.1, -0.05) is 57.2 Å². The molecule has 0 aliphatic heterocycles. The number of hydrogen-bond acceptors (Lipinski definition) is 2. The highest BCUT2D eigenvalue weighted by molar-refractivity contribution is 9.10. The molecule has 0 atom stereocenters. The van der Waals surface area contributed by atoms with Crippen molar-refractivity contribution in [3.8, 4) is 16.9 Å². The van der Waals surface area contributed by atoms with E-state index in [2.05, 4.69) is 79.2 Å². The smallest absolute Gasteiger partial charge is 0.537 e. The normalized spacial score (nSPS) is 11.5. The van der Waals surface area contributed by atoms with Gasteiger partial charge < -0.3 is 9.68 Å². The molecule has 1 N–H and O–H groups in total. The molecule has 0 saturated carbocycles. The number of benzene rings is 3. The molecule has 3 aromatic rings. The quantitative estimate of drug-likeness (QED) is 0.609. The molecule has 2 nitrogen and oxygen atoms in total. The highest BCUT2D eigenvalue weighted by atomic mass is 79.9. The minimum absolute atomic E-state index is 0.160. The fourth-order valence-corrected chi connectivity index (χ4v) is 3.19. The molecule has 1 radical (unpaired) electrons. The highest BCUT2D eigenvalue weighted by Crippen LogP contribution is 2.33. The third kappa shape index (κ3) is 3.50. The minimum Gasteiger partial charge on any atom is -0.537 e. The average Bonchev–Trinajstić information content (AvgIpc) is 2.55. The van der Waals surface area contributed by atoms with E-state index >= 15 is 0 Å². The van der Waals surface area contributed by atoms with Crippen LogP contribution in [-0.4, -0.2) is 12.7 Å². The molecule has 0 fully saturated rings. The van der Waals surface area contributed by atoms with Gasteiger partial charge in [-0.3, -0.25) is 0 Å². The monoisotopic (exact) mass is 381 g/mol. The summed E-state index contributed by atoms with van der Waals surface area (Å²) in [6.45, 7) is 6.66. The molecule has 0 aliphatic carbocycles. The predicted molar refractivity (Wildman–Crippen MR) is 104 cm³/mol. The van der Waals surface area contributed by atoms with Gasteiger partial charge in [-0.15, -0.1) is 0 Å². The van der Waals surface area contributed by atoms with Crippen LogP contribution >= 0.6 is 15.9 Å². The molecule has 121 valence electrons. The Balaban J connectivity index is 2.00. The minimum atomic E-state index is 0.160. The summed E-state index contributed by atoms with van der Waals surface area (Å²) in [5.41, 5.74) is 3.87. The second kappa shape index (κ2) is 6.62. The third-order valence-electron chi connectivity index (χ3n) is 4.15. The van der Waals surface area contributed by atoms with Gasteiger partial charge in [0, 0.05) is 0 Å². The van der Waals surface area contributed by atoms with Crippen molar-refractivity contribution in [2.24, 2.45) is 0 Å². The van der Waals surface area contributed by atoms with Gasteiger partial charge in [0.2, 0.25) is 0 Å². The maximum absolute atomic E-state index is 8.82. The Bertz CT molecular complexity index is 867. The summed E-state index contributed by atoms with van der Waals surface area (Å²) >= 11 is 3.47. The van der Waals surface area contributed by atoms with E-state index in [-0.39, 0.29) is 5.41 Å². The first-order valence-corrected chi connectivity index (χ1v) is 8.64. The Kier molecular flexibility index (Phi) is 4.70. The summed E-state index contributed by atoms with van der Waals surface area (Å²) in [5.74, 6) is 0.590. The van der Waals surface area contributed by atoms with Crippen LogP contribution in [0.25, 0.3) is 21.9 Å². The summed E-state index contributed by atoms with van der Waals surface area (Å²) in [7, 11) is 0.692. The Hall–Kier alpha value is -1.78. The second-order valence-corrected chi connectivity index (χ2v) is 7.75.